The van der Waals surface area contributed by atoms with Gasteiger partial charge in [-0.3, -0.25) is 5.43 Å². The summed E-state index contributed by atoms with van der Waals surface area (Å²) in [6.45, 7) is 2.79. The Morgan fingerprint density at radius 3 is 2.38 bits per heavy atom. The number of thiazole rings is 1. The van der Waals surface area contributed by atoms with E-state index < -0.39 is 0 Å². The Balaban J connectivity index is 1.34. The highest BCUT2D eigenvalue weighted by molar-refractivity contribution is 7.19. The van der Waals surface area contributed by atoms with Gasteiger partial charge in [-0.05, 0) is 54.4 Å². The Morgan fingerprint density at radius 1 is 0.846 bits per heavy atom. The summed E-state index contributed by atoms with van der Waals surface area (Å²) in [4.78, 5) is 5.88. The monoisotopic (exact) mass is 573 g/mol. The van der Waals surface area contributed by atoms with Gasteiger partial charge >= 0.3 is 0 Å². The van der Waals surface area contributed by atoms with Crippen LogP contribution in [0, 0.1) is 0 Å². The van der Waals surface area contributed by atoms with Gasteiger partial charge in [-0.2, -0.15) is 5.10 Å². The second-order valence-electron chi connectivity index (χ2n) is 8.46. The van der Waals surface area contributed by atoms with Crippen LogP contribution in [-0.4, -0.2) is 17.8 Å². The Hall–Kier alpha value is -3.84. The standard InChI is InChI=1S/C31H25Cl2N3O2S/c1-2-37-28-18-21(12-17-27(28)38-20-24-10-6-7-11-26(24)33)19-34-36-31-35-29(22-13-15-25(32)16-14-22)30(39-31)23-8-4-3-5-9-23/h3-19H,2,20H2,1H3,(H,35,36)/b34-19-. The molecule has 0 atom stereocenters. The summed E-state index contributed by atoms with van der Waals surface area (Å²) in [6, 6.07) is 31.2. The fourth-order valence-electron chi connectivity index (χ4n) is 3.88. The maximum Gasteiger partial charge on any atom is 0.204 e. The predicted molar refractivity (Wildman–Crippen MR) is 163 cm³/mol. The second-order valence-corrected chi connectivity index (χ2v) is 10.3. The number of nitrogens with one attached hydrogen (secondary N) is 1. The molecule has 5 nitrogen and oxygen atoms in total. The van der Waals surface area contributed by atoms with Crippen molar-refractivity contribution in [3.05, 3.63) is 118 Å². The highest BCUT2D eigenvalue weighted by atomic mass is 35.5. The number of benzene rings is 4. The first-order chi connectivity index (χ1) is 19.1. The largest absolute Gasteiger partial charge is 0.490 e. The van der Waals surface area contributed by atoms with Gasteiger partial charge in [0.25, 0.3) is 0 Å². The average molecular weight is 575 g/mol. The van der Waals surface area contributed by atoms with E-state index in [0.717, 1.165) is 32.8 Å². The lowest BCUT2D eigenvalue weighted by Gasteiger charge is -2.13. The molecular weight excluding hydrogens is 549 g/mol. The molecule has 4 aromatic carbocycles. The first-order valence-corrected chi connectivity index (χ1v) is 13.9. The molecule has 39 heavy (non-hydrogen) atoms. The van der Waals surface area contributed by atoms with Gasteiger partial charge in [0.15, 0.2) is 11.5 Å². The minimum absolute atomic E-state index is 0.346. The number of ether oxygens (including phenoxy) is 2. The minimum atomic E-state index is 0.346. The molecule has 0 saturated heterocycles. The van der Waals surface area contributed by atoms with E-state index in [-0.39, 0.29) is 0 Å². The van der Waals surface area contributed by atoms with Crippen molar-refractivity contribution in [1.29, 1.82) is 0 Å². The average Bonchev–Trinajstić information content (AvgIpc) is 3.38. The molecule has 1 heterocycles. The van der Waals surface area contributed by atoms with Gasteiger partial charge in [0.1, 0.15) is 6.61 Å². The highest BCUT2D eigenvalue weighted by Crippen LogP contribution is 2.39. The van der Waals surface area contributed by atoms with Crippen molar-refractivity contribution < 1.29 is 9.47 Å². The van der Waals surface area contributed by atoms with Crippen molar-refractivity contribution in [2.75, 3.05) is 12.0 Å². The molecule has 0 spiro atoms. The number of aromatic nitrogens is 1. The molecule has 1 aromatic heterocycles. The summed E-state index contributed by atoms with van der Waals surface area (Å²) < 4.78 is 11.8. The predicted octanol–water partition coefficient (Wildman–Crippen LogP) is 9.21. The molecule has 5 rings (SSSR count). The number of hydrogen-bond acceptors (Lipinski definition) is 6. The highest BCUT2D eigenvalue weighted by Gasteiger charge is 2.15. The summed E-state index contributed by atoms with van der Waals surface area (Å²) in [6.07, 6.45) is 1.73. The number of hydrazone groups is 1. The van der Waals surface area contributed by atoms with Gasteiger partial charge in [0.05, 0.1) is 23.4 Å². The molecular formula is C31H25Cl2N3O2S. The molecule has 0 fully saturated rings. The Labute approximate surface area is 241 Å². The van der Waals surface area contributed by atoms with Crippen LogP contribution in [0.25, 0.3) is 21.7 Å². The fourth-order valence-corrected chi connectivity index (χ4v) is 5.14. The maximum absolute atomic E-state index is 6.27. The van der Waals surface area contributed by atoms with Crippen molar-refractivity contribution in [3.63, 3.8) is 0 Å². The number of rotatable bonds is 10. The van der Waals surface area contributed by atoms with Gasteiger partial charge in [-0.1, -0.05) is 95.2 Å². The molecule has 5 aromatic rings. The number of hydrogen-bond donors (Lipinski definition) is 1. The van der Waals surface area contributed by atoms with Crippen molar-refractivity contribution in [2.24, 2.45) is 5.10 Å². The summed E-state index contributed by atoms with van der Waals surface area (Å²) in [5.41, 5.74) is 7.80. The lowest BCUT2D eigenvalue weighted by molar-refractivity contribution is 0.269. The van der Waals surface area contributed by atoms with Crippen LogP contribution in [-0.2, 0) is 6.61 Å². The number of halogens is 2. The summed E-state index contributed by atoms with van der Waals surface area (Å²) in [7, 11) is 0. The summed E-state index contributed by atoms with van der Waals surface area (Å²) in [5, 5.41) is 6.48. The van der Waals surface area contributed by atoms with Crippen LogP contribution < -0.4 is 14.9 Å². The van der Waals surface area contributed by atoms with Crippen LogP contribution in [0.15, 0.2) is 102 Å². The quantitative estimate of drug-likeness (QED) is 0.133. The summed E-state index contributed by atoms with van der Waals surface area (Å²) >= 11 is 13.9. The van der Waals surface area contributed by atoms with E-state index in [9.17, 15) is 0 Å². The first-order valence-electron chi connectivity index (χ1n) is 12.3. The number of nitrogens with zero attached hydrogens (tertiary/aromatic N) is 2. The minimum Gasteiger partial charge on any atom is -0.490 e. The smallest absolute Gasteiger partial charge is 0.204 e. The van der Waals surface area contributed by atoms with E-state index in [2.05, 4.69) is 22.7 Å². The SMILES string of the molecule is CCOc1cc(/C=N\Nc2nc(-c3ccc(Cl)cc3)c(-c3ccccc3)s2)ccc1OCc1ccccc1Cl. The van der Waals surface area contributed by atoms with E-state index in [1.54, 1.807) is 17.6 Å². The zero-order chi connectivity index (χ0) is 27.0. The van der Waals surface area contributed by atoms with Gasteiger partial charge in [-0.25, -0.2) is 4.98 Å². The molecule has 0 saturated carbocycles. The van der Waals surface area contributed by atoms with Crippen LogP contribution in [0.2, 0.25) is 10.0 Å². The molecule has 0 bridgehead atoms. The maximum atomic E-state index is 6.27. The zero-order valence-electron chi connectivity index (χ0n) is 21.1. The third-order valence-electron chi connectivity index (χ3n) is 5.76. The van der Waals surface area contributed by atoms with Gasteiger partial charge in [0, 0.05) is 21.2 Å². The van der Waals surface area contributed by atoms with Crippen molar-refractivity contribution in [1.82, 2.24) is 4.98 Å². The Morgan fingerprint density at radius 2 is 1.62 bits per heavy atom. The normalized spacial score (nSPS) is 11.1. The van der Waals surface area contributed by atoms with Crippen LogP contribution in [0.1, 0.15) is 18.1 Å². The third kappa shape index (κ3) is 6.79. The molecule has 0 aliphatic rings. The van der Waals surface area contributed by atoms with Gasteiger partial charge < -0.3 is 9.47 Å². The zero-order valence-corrected chi connectivity index (χ0v) is 23.4. The van der Waals surface area contributed by atoms with Crippen LogP contribution >= 0.6 is 34.5 Å². The lowest BCUT2D eigenvalue weighted by Crippen LogP contribution is -2.01. The molecule has 196 valence electrons. The van der Waals surface area contributed by atoms with Crippen LogP contribution in [0.4, 0.5) is 5.13 Å². The molecule has 0 aliphatic carbocycles. The Bertz CT molecular complexity index is 1570. The topological polar surface area (TPSA) is 55.7 Å². The number of anilines is 1. The lowest BCUT2D eigenvalue weighted by atomic mass is 10.1. The molecule has 0 radical (unpaired) electrons. The van der Waals surface area contributed by atoms with E-state index in [1.807, 2.05) is 91.9 Å². The fraction of sp³-hybridized carbons (Fsp3) is 0.0968. The van der Waals surface area contributed by atoms with E-state index in [4.69, 9.17) is 37.7 Å². The Kier molecular flexibility index (Phi) is 8.78. The van der Waals surface area contributed by atoms with Gasteiger partial charge in [-0.15, -0.1) is 0 Å². The van der Waals surface area contributed by atoms with E-state index in [1.165, 1.54) is 0 Å². The molecule has 0 aliphatic heterocycles. The third-order valence-corrected chi connectivity index (χ3v) is 7.39. The van der Waals surface area contributed by atoms with E-state index >= 15 is 0 Å². The molecule has 1 N–H and O–H groups in total. The van der Waals surface area contributed by atoms with Crippen molar-refractivity contribution in [2.45, 2.75) is 13.5 Å². The molecule has 0 unspecified atom stereocenters. The molecule has 0 amide bonds. The molecule has 8 heteroatoms. The van der Waals surface area contributed by atoms with Crippen molar-refractivity contribution >= 4 is 45.9 Å². The summed E-state index contributed by atoms with van der Waals surface area (Å²) in [5.74, 6) is 1.28. The van der Waals surface area contributed by atoms with Crippen LogP contribution in [0.3, 0.4) is 0 Å². The van der Waals surface area contributed by atoms with Crippen LogP contribution in [0.5, 0.6) is 11.5 Å². The van der Waals surface area contributed by atoms with Crippen molar-refractivity contribution in [3.8, 4) is 33.2 Å². The van der Waals surface area contributed by atoms with Gasteiger partial charge in [0.2, 0.25) is 5.13 Å². The van der Waals surface area contributed by atoms with E-state index in [0.29, 0.717) is 39.9 Å². The second kappa shape index (κ2) is 12.8. The first kappa shape index (κ1) is 26.8.